The highest BCUT2D eigenvalue weighted by Crippen LogP contribution is 2.43. The van der Waals surface area contributed by atoms with E-state index in [1.165, 1.54) is 6.07 Å². The molecule has 1 fully saturated rings. The Morgan fingerprint density at radius 3 is 2.58 bits per heavy atom. The number of nitrogens with zero attached hydrogens (tertiary/aromatic N) is 2. The van der Waals surface area contributed by atoms with Crippen molar-refractivity contribution in [2.45, 2.75) is 44.6 Å². The third-order valence-electron chi connectivity index (χ3n) is 4.32. The molecule has 1 aromatic heterocycles. The number of nitrogens with one attached hydrogen (secondary N) is 1. The second-order valence-corrected chi connectivity index (χ2v) is 8.82. The number of aromatic nitrogens is 2. The van der Waals surface area contributed by atoms with Gasteiger partial charge in [0.25, 0.3) is 5.92 Å². The Morgan fingerprint density at radius 2 is 1.97 bits per heavy atom. The van der Waals surface area contributed by atoms with Gasteiger partial charge in [-0.3, -0.25) is 9.36 Å². The number of nitrogen functional groups attached to an aromatic ring is 1. The minimum atomic E-state index is -3.34. The molecule has 0 bridgehead atoms. The standard InChI is InChI=1S/C20H25F2N4O6P.CH2F2/c1-13(2)30-17(27)11-24-33(32-14-6-4-3-5-7-14)29-12-15-10-20(21,22)18(31-15)26-9-8-16(23)25-19(26)28;2-1-3/h3-9,13,15,18,24H,10-12H2,1-2H3,(H2,23,25,28);1H2. The number of hydrogen-bond donors (Lipinski definition) is 2. The van der Waals surface area contributed by atoms with Gasteiger partial charge in [0.15, 0.2) is 0 Å². The smallest absolute Gasteiger partial charge is 0.351 e. The first-order valence-corrected chi connectivity index (χ1v) is 11.8. The summed E-state index contributed by atoms with van der Waals surface area (Å²) >= 11 is 0. The summed E-state index contributed by atoms with van der Waals surface area (Å²) in [6.07, 6.45) is -2.75. The van der Waals surface area contributed by atoms with Crippen molar-refractivity contribution in [3.8, 4) is 5.75 Å². The van der Waals surface area contributed by atoms with E-state index >= 15 is 0 Å². The molecule has 0 saturated carbocycles. The van der Waals surface area contributed by atoms with Crippen molar-refractivity contribution in [3.05, 3.63) is 53.1 Å². The van der Waals surface area contributed by atoms with Crippen molar-refractivity contribution in [1.29, 1.82) is 0 Å². The summed E-state index contributed by atoms with van der Waals surface area (Å²) in [5, 5.41) is 2.80. The van der Waals surface area contributed by atoms with Crippen LogP contribution >= 0.6 is 8.53 Å². The number of nitrogens with two attached hydrogens (primary N) is 1. The van der Waals surface area contributed by atoms with E-state index in [0.717, 1.165) is 6.20 Å². The van der Waals surface area contributed by atoms with Crippen molar-refractivity contribution in [2.75, 3.05) is 25.8 Å². The Bertz CT molecular complexity index is 1020. The monoisotopic (exact) mass is 538 g/mol. The average Bonchev–Trinajstić information content (AvgIpc) is 3.10. The van der Waals surface area contributed by atoms with Crippen LogP contribution in [-0.2, 0) is 18.8 Å². The molecule has 3 unspecified atom stereocenters. The van der Waals surface area contributed by atoms with Gasteiger partial charge in [-0.15, -0.1) is 0 Å². The van der Waals surface area contributed by atoms with Crippen LogP contribution in [0.25, 0.3) is 0 Å². The SMILES string of the molecule is CC(C)OC(=O)CNP(OCC1CC(F)(F)C(n2ccc(N)nc2=O)O1)Oc1ccccc1.FCF. The zero-order chi connectivity index (χ0) is 26.7. The van der Waals surface area contributed by atoms with Gasteiger partial charge >= 0.3 is 20.2 Å². The van der Waals surface area contributed by atoms with Crippen LogP contribution in [0.2, 0.25) is 0 Å². The van der Waals surface area contributed by atoms with Crippen molar-refractivity contribution >= 4 is 20.3 Å². The number of alkyl halides is 4. The fourth-order valence-electron chi connectivity index (χ4n) is 2.97. The highest BCUT2D eigenvalue weighted by atomic mass is 31.2. The molecule has 200 valence electrons. The minimum absolute atomic E-state index is 0.0804. The number of halogens is 4. The number of rotatable bonds is 10. The van der Waals surface area contributed by atoms with Crippen LogP contribution in [0.1, 0.15) is 26.5 Å². The Kier molecular flexibility index (Phi) is 11.5. The molecule has 2 aromatic rings. The summed E-state index contributed by atoms with van der Waals surface area (Å²) in [6, 6.07) is 9.90. The predicted octanol–water partition coefficient (Wildman–Crippen LogP) is 3.49. The normalized spacial score (nSPS) is 19.3. The number of esters is 1. The molecule has 0 amide bonds. The number of anilines is 1. The van der Waals surface area contributed by atoms with E-state index in [4.69, 9.17) is 24.3 Å². The average molecular weight is 538 g/mol. The van der Waals surface area contributed by atoms with E-state index in [1.54, 1.807) is 44.2 Å². The lowest BCUT2D eigenvalue weighted by Crippen LogP contribution is -2.35. The lowest BCUT2D eigenvalue weighted by atomic mass is 10.2. The zero-order valence-electron chi connectivity index (χ0n) is 19.5. The minimum Gasteiger partial charge on any atom is -0.462 e. The predicted molar refractivity (Wildman–Crippen MR) is 123 cm³/mol. The molecule has 1 aliphatic heterocycles. The topological polar surface area (TPSA) is 127 Å². The van der Waals surface area contributed by atoms with Gasteiger partial charge < -0.3 is 24.3 Å². The van der Waals surface area contributed by atoms with Crippen LogP contribution in [0.5, 0.6) is 5.75 Å². The first-order valence-electron chi connectivity index (χ1n) is 10.6. The van der Waals surface area contributed by atoms with Crippen LogP contribution in [0.15, 0.2) is 47.4 Å². The molecule has 0 aliphatic carbocycles. The van der Waals surface area contributed by atoms with Crippen LogP contribution in [0.3, 0.4) is 0 Å². The maximum Gasteiger partial charge on any atom is 0.351 e. The van der Waals surface area contributed by atoms with Gasteiger partial charge in [-0.1, -0.05) is 18.2 Å². The van der Waals surface area contributed by atoms with E-state index in [1.807, 2.05) is 0 Å². The molecule has 3 N–H and O–H groups in total. The van der Waals surface area contributed by atoms with E-state index in [0.29, 0.717) is 10.3 Å². The Labute approximate surface area is 205 Å². The molecule has 0 spiro atoms. The third-order valence-corrected chi connectivity index (χ3v) is 5.49. The Morgan fingerprint density at radius 1 is 1.31 bits per heavy atom. The molecule has 10 nitrogen and oxygen atoms in total. The van der Waals surface area contributed by atoms with Gasteiger partial charge in [0, 0.05) is 12.6 Å². The highest BCUT2D eigenvalue weighted by Gasteiger charge is 2.52. The summed E-state index contributed by atoms with van der Waals surface area (Å²) < 4.78 is 70.9. The van der Waals surface area contributed by atoms with Gasteiger partial charge in [0.2, 0.25) is 13.2 Å². The molecule has 15 heteroatoms. The molecule has 2 heterocycles. The summed E-state index contributed by atoms with van der Waals surface area (Å²) in [6.45, 7) is 1.21. The van der Waals surface area contributed by atoms with E-state index < -0.39 is 51.8 Å². The van der Waals surface area contributed by atoms with Crippen molar-refractivity contribution < 1.29 is 40.9 Å². The number of para-hydroxylation sites is 1. The van der Waals surface area contributed by atoms with Crippen LogP contribution in [0, 0.1) is 0 Å². The van der Waals surface area contributed by atoms with Crippen LogP contribution < -0.4 is 21.0 Å². The Balaban J connectivity index is 0.00000145. The quantitative estimate of drug-likeness (QED) is 0.266. The number of carbonyl (C=O) groups excluding carboxylic acids is 1. The molecule has 1 saturated heterocycles. The summed E-state index contributed by atoms with van der Waals surface area (Å²) in [5.41, 5.74) is 4.47. The maximum atomic E-state index is 14.6. The van der Waals surface area contributed by atoms with E-state index in [2.05, 4.69) is 10.1 Å². The van der Waals surface area contributed by atoms with Gasteiger partial charge in [-0.25, -0.2) is 27.4 Å². The van der Waals surface area contributed by atoms with Gasteiger partial charge in [-0.05, 0) is 32.0 Å². The van der Waals surface area contributed by atoms with E-state index in [-0.39, 0.29) is 25.1 Å². The van der Waals surface area contributed by atoms with E-state index in [9.17, 15) is 27.2 Å². The fraction of sp³-hybridized carbons (Fsp3) is 0.476. The van der Waals surface area contributed by atoms with Gasteiger partial charge in [0.1, 0.15) is 18.1 Å². The number of carbonyl (C=O) groups is 1. The lowest BCUT2D eigenvalue weighted by molar-refractivity contribution is -0.145. The molecule has 0 radical (unpaired) electrons. The Hall–Kier alpha value is -2.80. The molecule has 1 aliphatic rings. The second-order valence-electron chi connectivity index (χ2n) is 7.55. The number of hydrogen-bond acceptors (Lipinski definition) is 9. The molecule has 1 aromatic carbocycles. The van der Waals surface area contributed by atoms with Gasteiger partial charge in [-0.2, -0.15) is 4.98 Å². The molecular weight excluding hydrogens is 511 g/mol. The zero-order valence-corrected chi connectivity index (χ0v) is 20.4. The maximum absolute atomic E-state index is 14.6. The summed E-state index contributed by atoms with van der Waals surface area (Å²) in [7, 11) is -1.89. The fourth-order valence-corrected chi connectivity index (χ4v) is 4.05. The van der Waals surface area contributed by atoms with Crippen molar-refractivity contribution in [1.82, 2.24) is 14.6 Å². The summed E-state index contributed by atoms with van der Waals surface area (Å²) in [4.78, 5) is 27.3. The number of benzene rings is 1. The van der Waals surface area contributed by atoms with Crippen molar-refractivity contribution in [2.24, 2.45) is 0 Å². The molecular formula is C21H27F4N4O6P. The largest absolute Gasteiger partial charge is 0.462 e. The lowest BCUT2D eigenvalue weighted by Gasteiger charge is -2.21. The number of ether oxygens (including phenoxy) is 2. The first-order chi connectivity index (χ1) is 17.1. The van der Waals surface area contributed by atoms with Crippen LogP contribution in [0.4, 0.5) is 23.4 Å². The van der Waals surface area contributed by atoms with Crippen molar-refractivity contribution in [3.63, 3.8) is 0 Å². The molecule has 36 heavy (non-hydrogen) atoms. The third kappa shape index (κ3) is 9.34. The summed E-state index contributed by atoms with van der Waals surface area (Å²) in [5.74, 6) is -3.48. The second kappa shape index (κ2) is 14.1. The highest BCUT2D eigenvalue weighted by molar-refractivity contribution is 7.45. The molecule has 3 atom stereocenters. The molecule has 3 rings (SSSR count). The van der Waals surface area contributed by atoms with Crippen LogP contribution in [-0.4, -0.2) is 53.7 Å². The van der Waals surface area contributed by atoms with Gasteiger partial charge in [0.05, 0.1) is 18.8 Å². The first kappa shape index (κ1) is 29.4.